The van der Waals surface area contributed by atoms with E-state index in [0.717, 1.165) is 25.7 Å². The molecule has 0 atom stereocenters. The molecule has 4 rings (SSSR count). The molecule has 176 valence electrons. The first-order chi connectivity index (χ1) is 16.6. The van der Waals surface area contributed by atoms with E-state index in [2.05, 4.69) is 27.4 Å². The topological polar surface area (TPSA) is 88.9 Å². The number of hydrogen-bond acceptors (Lipinski definition) is 5. The minimum absolute atomic E-state index is 0.0468. The Morgan fingerprint density at radius 2 is 1.85 bits per heavy atom. The first kappa shape index (κ1) is 23.7. The molecule has 34 heavy (non-hydrogen) atoms. The van der Waals surface area contributed by atoms with Gasteiger partial charge < -0.3 is 10.6 Å². The molecule has 2 N–H and O–H groups in total. The van der Waals surface area contributed by atoms with Crippen LogP contribution in [0.1, 0.15) is 36.0 Å². The van der Waals surface area contributed by atoms with Crippen LogP contribution in [0.2, 0.25) is 0 Å². The Kier molecular flexibility index (Phi) is 7.74. The van der Waals surface area contributed by atoms with Crippen LogP contribution in [-0.2, 0) is 11.3 Å². The molecule has 1 aliphatic carbocycles. The SMILES string of the molecule is C=CCn1c(SCC(=O)Nc2ccccc2C(=O)NC2CCCC2)nnc1-c1ccccc1F. The van der Waals surface area contributed by atoms with Crippen molar-refractivity contribution in [3.8, 4) is 11.4 Å². The van der Waals surface area contributed by atoms with Gasteiger partial charge in [-0.1, -0.05) is 54.9 Å². The van der Waals surface area contributed by atoms with Gasteiger partial charge in [-0.15, -0.1) is 16.8 Å². The van der Waals surface area contributed by atoms with Crippen LogP contribution in [0.5, 0.6) is 0 Å². The van der Waals surface area contributed by atoms with Crippen LogP contribution in [0.3, 0.4) is 0 Å². The largest absolute Gasteiger partial charge is 0.349 e. The highest BCUT2D eigenvalue weighted by molar-refractivity contribution is 7.99. The van der Waals surface area contributed by atoms with Crippen molar-refractivity contribution in [3.05, 3.63) is 72.6 Å². The molecule has 2 aromatic carbocycles. The van der Waals surface area contributed by atoms with Gasteiger partial charge in [0, 0.05) is 12.6 Å². The van der Waals surface area contributed by atoms with Crippen LogP contribution in [0.15, 0.2) is 66.3 Å². The van der Waals surface area contributed by atoms with E-state index in [9.17, 15) is 14.0 Å². The molecule has 1 saturated carbocycles. The van der Waals surface area contributed by atoms with E-state index in [0.29, 0.717) is 34.3 Å². The summed E-state index contributed by atoms with van der Waals surface area (Å²) in [7, 11) is 0. The maximum absolute atomic E-state index is 14.3. The predicted octanol–water partition coefficient (Wildman–Crippen LogP) is 4.67. The van der Waals surface area contributed by atoms with E-state index in [-0.39, 0.29) is 23.6 Å². The van der Waals surface area contributed by atoms with Gasteiger partial charge in [-0.05, 0) is 37.1 Å². The lowest BCUT2D eigenvalue weighted by Gasteiger charge is -2.15. The van der Waals surface area contributed by atoms with Crippen LogP contribution in [0.25, 0.3) is 11.4 Å². The fourth-order valence-corrected chi connectivity index (χ4v) is 4.72. The zero-order valence-electron chi connectivity index (χ0n) is 18.7. The molecule has 0 bridgehead atoms. The van der Waals surface area contributed by atoms with Gasteiger partial charge in [-0.3, -0.25) is 14.2 Å². The number of amides is 2. The van der Waals surface area contributed by atoms with E-state index in [1.807, 2.05) is 0 Å². The number of nitrogens with one attached hydrogen (secondary N) is 2. The molecule has 1 heterocycles. The van der Waals surface area contributed by atoms with Gasteiger partial charge in [-0.25, -0.2) is 4.39 Å². The van der Waals surface area contributed by atoms with Crippen molar-refractivity contribution >= 4 is 29.3 Å². The number of hydrogen-bond donors (Lipinski definition) is 2. The lowest BCUT2D eigenvalue weighted by molar-refractivity contribution is -0.113. The number of halogens is 1. The van der Waals surface area contributed by atoms with Crippen molar-refractivity contribution in [3.63, 3.8) is 0 Å². The fraction of sp³-hybridized carbons (Fsp3) is 0.280. The highest BCUT2D eigenvalue weighted by atomic mass is 32.2. The molecule has 1 fully saturated rings. The van der Waals surface area contributed by atoms with E-state index >= 15 is 0 Å². The van der Waals surface area contributed by atoms with Crippen LogP contribution in [0, 0.1) is 5.82 Å². The Bertz CT molecular complexity index is 1190. The standard InChI is InChI=1S/C25H26FN5O2S/c1-2-15-31-23(18-11-5-7-13-20(18)26)29-30-25(31)34-16-22(32)28-21-14-8-6-12-19(21)24(33)27-17-9-3-4-10-17/h2,5-8,11-14,17H,1,3-4,9-10,15-16H2,(H,27,33)(H,28,32). The van der Waals surface area contributed by atoms with E-state index in [4.69, 9.17) is 0 Å². The monoisotopic (exact) mass is 479 g/mol. The van der Waals surface area contributed by atoms with Gasteiger partial charge in [0.15, 0.2) is 11.0 Å². The van der Waals surface area contributed by atoms with Crippen molar-refractivity contribution in [2.24, 2.45) is 0 Å². The second-order valence-electron chi connectivity index (χ2n) is 8.02. The second-order valence-corrected chi connectivity index (χ2v) is 8.97. The summed E-state index contributed by atoms with van der Waals surface area (Å²) in [6.45, 7) is 4.12. The number of aromatic nitrogens is 3. The third-order valence-electron chi connectivity index (χ3n) is 5.61. The molecule has 1 aliphatic rings. The summed E-state index contributed by atoms with van der Waals surface area (Å²) in [6.07, 6.45) is 5.87. The molecule has 0 spiro atoms. The van der Waals surface area contributed by atoms with Crippen molar-refractivity contribution in [2.45, 2.75) is 43.4 Å². The van der Waals surface area contributed by atoms with Crippen LogP contribution in [0.4, 0.5) is 10.1 Å². The number of carbonyl (C=O) groups is 2. The normalized spacial score (nSPS) is 13.6. The number of para-hydroxylation sites is 1. The Morgan fingerprint density at radius 1 is 1.12 bits per heavy atom. The minimum Gasteiger partial charge on any atom is -0.349 e. The Balaban J connectivity index is 1.43. The molecule has 9 heteroatoms. The molecule has 0 unspecified atom stereocenters. The summed E-state index contributed by atoms with van der Waals surface area (Å²) in [5.41, 5.74) is 1.22. The third-order valence-corrected chi connectivity index (χ3v) is 6.58. The molecule has 1 aromatic heterocycles. The predicted molar refractivity (Wildman–Crippen MR) is 131 cm³/mol. The summed E-state index contributed by atoms with van der Waals surface area (Å²) in [6, 6.07) is 13.5. The number of rotatable bonds is 9. The molecule has 3 aromatic rings. The van der Waals surface area contributed by atoms with Gasteiger partial charge >= 0.3 is 0 Å². The zero-order valence-corrected chi connectivity index (χ0v) is 19.5. The summed E-state index contributed by atoms with van der Waals surface area (Å²) >= 11 is 1.18. The number of nitrogens with zero attached hydrogens (tertiary/aromatic N) is 3. The quantitative estimate of drug-likeness (QED) is 0.344. The van der Waals surface area contributed by atoms with Crippen LogP contribution >= 0.6 is 11.8 Å². The average Bonchev–Trinajstić information content (AvgIpc) is 3.49. The van der Waals surface area contributed by atoms with Gasteiger partial charge in [0.05, 0.1) is 22.6 Å². The zero-order chi connectivity index (χ0) is 23.9. The highest BCUT2D eigenvalue weighted by Crippen LogP contribution is 2.26. The Labute approximate surface area is 201 Å². The van der Waals surface area contributed by atoms with Crippen molar-refractivity contribution in [1.29, 1.82) is 0 Å². The first-order valence-electron chi connectivity index (χ1n) is 11.2. The summed E-state index contributed by atoms with van der Waals surface area (Å²) < 4.78 is 16.0. The molecule has 2 amide bonds. The summed E-state index contributed by atoms with van der Waals surface area (Å²) in [5.74, 6) is -0.454. The lowest BCUT2D eigenvalue weighted by Crippen LogP contribution is -2.33. The molecular formula is C25H26FN5O2S. The highest BCUT2D eigenvalue weighted by Gasteiger charge is 2.21. The maximum atomic E-state index is 14.3. The van der Waals surface area contributed by atoms with E-state index < -0.39 is 5.82 Å². The Hall–Kier alpha value is -3.46. The Morgan fingerprint density at radius 3 is 2.62 bits per heavy atom. The third kappa shape index (κ3) is 5.53. The first-order valence-corrected chi connectivity index (χ1v) is 12.2. The second kappa shape index (κ2) is 11.1. The van der Waals surface area contributed by atoms with E-state index in [1.165, 1.54) is 17.8 Å². The molecule has 0 saturated heterocycles. The number of carbonyl (C=O) groups excluding carboxylic acids is 2. The van der Waals surface area contributed by atoms with Gasteiger partial charge in [-0.2, -0.15) is 0 Å². The maximum Gasteiger partial charge on any atom is 0.253 e. The van der Waals surface area contributed by atoms with E-state index in [1.54, 1.807) is 53.1 Å². The number of allylic oxidation sites excluding steroid dienone is 1. The van der Waals surface area contributed by atoms with Crippen LogP contribution < -0.4 is 10.6 Å². The van der Waals surface area contributed by atoms with Gasteiger partial charge in [0.25, 0.3) is 5.91 Å². The molecular weight excluding hydrogens is 453 g/mol. The molecule has 7 nitrogen and oxygen atoms in total. The summed E-state index contributed by atoms with van der Waals surface area (Å²) in [4.78, 5) is 25.4. The number of anilines is 1. The lowest BCUT2D eigenvalue weighted by atomic mass is 10.1. The van der Waals surface area contributed by atoms with Gasteiger partial charge in [0.1, 0.15) is 5.82 Å². The summed E-state index contributed by atoms with van der Waals surface area (Å²) in [5, 5.41) is 14.6. The van der Waals surface area contributed by atoms with Crippen LogP contribution in [-0.4, -0.2) is 38.4 Å². The number of benzene rings is 2. The smallest absolute Gasteiger partial charge is 0.253 e. The van der Waals surface area contributed by atoms with Crippen molar-refractivity contribution < 1.29 is 14.0 Å². The van der Waals surface area contributed by atoms with Crippen molar-refractivity contribution in [2.75, 3.05) is 11.1 Å². The average molecular weight is 480 g/mol. The minimum atomic E-state index is -0.401. The van der Waals surface area contributed by atoms with Gasteiger partial charge in [0.2, 0.25) is 5.91 Å². The number of thioether (sulfide) groups is 1. The van der Waals surface area contributed by atoms with Crippen molar-refractivity contribution in [1.82, 2.24) is 20.1 Å². The molecule has 0 radical (unpaired) electrons. The molecule has 0 aliphatic heterocycles. The fourth-order valence-electron chi connectivity index (χ4n) is 3.97.